The van der Waals surface area contributed by atoms with Crippen LogP contribution in [0.5, 0.6) is 5.75 Å². The Labute approximate surface area is 128 Å². The molecule has 2 N–H and O–H groups in total. The van der Waals surface area contributed by atoms with Crippen molar-refractivity contribution in [1.29, 1.82) is 0 Å². The van der Waals surface area contributed by atoms with Gasteiger partial charge in [0.25, 0.3) is 0 Å². The summed E-state index contributed by atoms with van der Waals surface area (Å²) >= 11 is 0. The van der Waals surface area contributed by atoms with E-state index in [0.717, 1.165) is 5.56 Å². The van der Waals surface area contributed by atoms with Crippen LogP contribution in [-0.4, -0.2) is 21.5 Å². The molecule has 0 fully saturated rings. The number of ether oxygens (including phenoxy) is 2. The van der Waals surface area contributed by atoms with E-state index in [1.54, 1.807) is 12.1 Å². The molecule has 0 saturated carbocycles. The number of esters is 1. The van der Waals surface area contributed by atoms with Crippen LogP contribution < -0.4 is 9.88 Å². The summed E-state index contributed by atoms with van der Waals surface area (Å²) < 4.78 is 32.6. The SMILES string of the molecule is COc1ccccc1COC(=O)c1ccc(S(N)(=O)=O)cc1. The molecule has 22 heavy (non-hydrogen) atoms. The normalized spacial score (nSPS) is 11.0. The minimum Gasteiger partial charge on any atom is -0.496 e. The fourth-order valence-corrected chi connectivity index (χ4v) is 2.34. The van der Waals surface area contributed by atoms with Crippen molar-refractivity contribution in [1.82, 2.24) is 0 Å². The number of carbonyl (C=O) groups is 1. The molecule has 0 atom stereocenters. The predicted octanol–water partition coefficient (Wildman–Crippen LogP) is 1.70. The number of sulfonamides is 1. The van der Waals surface area contributed by atoms with Crippen molar-refractivity contribution < 1.29 is 22.7 Å². The van der Waals surface area contributed by atoms with Crippen LogP contribution in [0.2, 0.25) is 0 Å². The fourth-order valence-electron chi connectivity index (χ4n) is 1.83. The molecule has 116 valence electrons. The van der Waals surface area contributed by atoms with Gasteiger partial charge in [0.1, 0.15) is 12.4 Å². The Kier molecular flexibility index (Phi) is 4.79. The van der Waals surface area contributed by atoms with Crippen LogP contribution in [0.15, 0.2) is 53.4 Å². The number of benzene rings is 2. The van der Waals surface area contributed by atoms with Crippen molar-refractivity contribution in [3.05, 3.63) is 59.7 Å². The van der Waals surface area contributed by atoms with Crippen molar-refractivity contribution in [3.8, 4) is 5.75 Å². The van der Waals surface area contributed by atoms with E-state index >= 15 is 0 Å². The molecule has 6 nitrogen and oxygen atoms in total. The minimum absolute atomic E-state index is 0.0553. The maximum Gasteiger partial charge on any atom is 0.338 e. The van der Waals surface area contributed by atoms with Gasteiger partial charge in [0, 0.05) is 5.56 Å². The lowest BCUT2D eigenvalue weighted by Crippen LogP contribution is -2.12. The van der Waals surface area contributed by atoms with Crippen LogP contribution in [0.25, 0.3) is 0 Å². The first-order valence-corrected chi connectivity index (χ1v) is 7.88. The lowest BCUT2D eigenvalue weighted by Gasteiger charge is -2.09. The largest absolute Gasteiger partial charge is 0.496 e. The number of methoxy groups -OCH3 is 1. The Bertz CT molecular complexity index is 769. The van der Waals surface area contributed by atoms with E-state index in [-0.39, 0.29) is 17.1 Å². The van der Waals surface area contributed by atoms with Crippen molar-refractivity contribution >= 4 is 16.0 Å². The Balaban J connectivity index is 2.06. The highest BCUT2D eigenvalue weighted by Gasteiger charge is 2.12. The number of hydrogen-bond donors (Lipinski definition) is 1. The summed E-state index contributed by atoms with van der Waals surface area (Å²) in [7, 11) is -2.24. The summed E-state index contributed by atoms with van der Waals surface area (Å²) in [5, 5.41) is 4.99. The first-order valence-electron chi connectivity index (χ1n) is 6.33. The molecule has 0 saturated heterocycles. The highest BCUT2D eigenvalue weighted by atomic mass is 32.2. The second kappa shape index (κ2) is 6.59. The van der Waals surface area contributed by atoms with Crippen LogP contribution in [-0.2, 0) is 21.4 Å². The van der Waals surface area contributed by atoms with Crippen LogP contribution in [0, 0.1) is 0 Å². The van der Waals surface area contributed by atoms with Gasteiger partial charge in [-0.1, -0.05) is 18.2 Å². The fraction of sp³-hybridized carbons (Fsp3) is 0.133. The lowest BCUT2D eigenvalue weighted by atomic mass is 10.2. The number of para-hydroxylation sites is 1. The molecule has 0 spiro atoms. The summed E-state index contributed by atoms with van der Waals surface area (Å²) in [6, 6.07) is 12.4. The molecular weight excluding hydrogens is 306 g/mol. The number of rotatable bonds is 5. The Hall–Kier alpha value is -2.38. The van der Waals surface area contributed by atoms with Crippen LogP contribution in [0.4, 0.5) is 0 Å². The summed E-state index contributed by atoms with van der Waals surface area (Å²) in [6.07, 6.45) is 0. The monoisotopic (exact) mass is 321 g/mol. The minimum atomic E-state index is -3.78. The van der Waals surface area contributed by atoms with Gasteiger partial charge in [-0.05, 0) is 30.3 Å². The second-order valence-electron chi connectivity index (χ2n) is 4.46. The van der Waals surface area contributed by atoms with Gasteiger partial charge in [0.2, 0.25) is 10.0 Å². The van der Waals surface area contributed by atoms with E-state index in [2.05, 4.69) is 0 Å². The first-order chi connectivity index (χ1) is 10.4. The van der Waals surface area contributed by atoms with Gasteiger partial charge in [0.05, 0.1) is 17.6 Å². The molecule has 0 aliphatic heterocycles. The third-order valence-corrected chi connectivity index (χ3v) is 3.90. The molecule has 0 radical (unpaired) electrons. The van der Waals surface area contributed by atoms with E-state index in [0.29, 0.717) is 5.75 Å². The van der Waals surface area contributed by atoms with Crippen molar-refractivity contribution in [2.45, 2.75) is 11.5 Å². The van der Waals surface area contributed by atoms with Gasteiger partial charge in [0.15, 0.2) is 0 Å². The average molecular weight is 321 g/mol. The molecule has 2 aromatic carbocycles. The molecule has 0 amide bonds. The van der Waals surface area contributed by atoms with Crippen LogP contribution in [0.3, 0.4) is 0 Å². The molecule has 2 aromatic rings. The van der Waals surface area contributed by atoms with Crippen molar-refractivity contribution in [2.24, 2.45) is 5.14 Å². The van der Waals surface area contributed by atoms with Gasteiger partial charge < -0.3 is 9.47 Å². The summed E-state index contributed by atoms with van der Waals surface area (Å²) in [4.78, 5) is 11.9. The van der Waals surface area contributed by atoms with E-state index in [4.69, 9.17) is 14.6 Å². The summed E-state index contributed by atoms with van der Waals surface area (Å²) in [6.45, 7) is 0.0553. The quantitative estimate of drug-likeness (QED) is 0.846. The average Bonchev–Trinajstić information content (AvgIpc) is 2.52. The zero-order chi connectivity index (χ0) is 16.2. The number of primary sulfonamides is 1. The lowest BCUT2D eigenvalue weighted by molar-refractivity contribution is 0.0470. The van der Waals surface area contributed by atoms with Gasteiger partial charge in [-0.15, -0.1) is 0 Å². The molecule has 0 heterocycles. The third-order valence-electron chi connectivity index (χ3n) is 2.97. The molecule has 0 aliphatic rings. The molecular formula is C15H15NO5S. The summed E-state index contributed by atoms with van der Waals surface area (Å²) in [5.74, 6) is 0.0618. The first kappa shape index (κ1) is 16.0. The zero-order valence-electron chi connectivity index (χ0n) is 11.9. The maximum absolute atomic E-state index is 11.9. The van der Waals surface area contributed by atoms with Crippen molar-refractivity contribution in [3.63, 3.8) is 0 Å². The van der Waals surface area contributed by atoms with Crippen LogP contribution >= 0.6 is 0 Å². The molecule has 0 aromatic heterocycles. The predicted molar refractivity (Wildman–Crippen MR) is 79.9 cm³/mol. The second-order valence-corrected chi connectivity index (χ2v) is 6.02. The highest BCUT2D eigenvalue weighted by molar-refractivity contribution is 7.89. The van der Waals surface area contributed by atoms with Gasteiger partial charge >= 0.3 is 5.97 Å². The highest BCUT2D eigenvalue weighted by Crippen LogP contribution is 2.19. The molecule has 0 unspecified atom stereocenters. The van der Waals surface area contributed by atoms with E-state index < -0.39 is 16.0 Å². The van der Waals surface area contributed by atoms with E-state index in [9.17, 15) is 13.2 Å². The van der Waals surface area contributed by atoms with Crippen LogP contribution in [0.1, 0.15) is 15.9 Å². The molecule has 0 aliphatic carbocycles. The number of hydrogen-bond acceptors (Lipinski definition) is 5. The number of nitrogens with two attached hydrogens (primary N) is 1. The topological polar surface area (TPSA) is 95.7 Å². The standard InChI is InChI=1S/C15H15NO5S/c1-20-14-5-3-2-4-12(14)10-21-15(17)11-6-8-13(9-7-11)22(16,18)19/h2-9H,10H2,1H3,(H2,16,18,19). The molecule has 0 bridgehead atoms. The van der Waals surface area contributed by atoms with Crippen molar-refractivity contribution in [2.75, 3.05) is 7.11 Å². The summed E-state index contributed by atoms with van der Waals surface area (Å²) in [5.41, 5.74) is 0.974. The van der Waals surface area contributed by atoms with E-state index in [1.165, 1.54) is 31.4 Å². The molecule has 7 heteroatoms. The Morgan fingerprint density at radius 1 is 1.09 bits per heavy atom. The Morgan fingerprint density at radius 3 is 2.32 bits per heavy atom. The van der Waals surface area contributed by atoms with Gasteiger partial charge in [-0.3, -0.25) is 0 Å². The van der Waals surface area contributed by atoms with E-state index in [1.807, 2.05) is 12.1 Å². The molecule has 2 rings (SSSR count). The van der Waals surface area contributed by atoms with Gasteiger partial charge in [-0.2, -0.15) is 0 Å². The Morgan fingerprint density at radius 2 is 1.73 bits per heavy atom. The zero-order valence-corrected chi connectivity index (χ0v) is 12.7. The van der Waals surface area contributed by atoms with Gasteiger partial charge in [-0.25, -0.2) is 18.4 Å². The smallest absolute Gasteiger partial charge is 0.338 e. The number of carbonyl (C=O) groups excluding carboxylic acids is 1. The third kappa shape index (κ3) is 3.84. The maximum atomic E-state index is 11.9.